The molecule has 4 aromatic carbocycles. The van der Waals surface area contributed by atoms with Crippen LogP contribution in [0.1, 0.15) is 18.1 Å². The van der Waals surface area contributed by atoms with Gasteiger partial charge in [0, 0.05) is 11.4 Å². The van der Waals surface area contributed by atoms with Crippen LogP contribution in [0.5, 0.6) is 5.75 Å². The summed E-state index contributed by atoms with van der Waals surface area (Å²) in [5.74, 6) is -0.240. The number of ether oxygens (including phenoxy) is 1. The Bertz CT molecular complexity index is 1890. The van der Waals surface area contributed by atoms with E-state index in [9.17, 15) is 34.8 Å². The molecule has 4 aromatic rings. The number of sulfonamides is 2. The monoisotopic (exact) mass is 681 g/mol. The van der Waals surface area contributed by atoms with Crippen molar-refractivity contribution < 1.29 is 39.5 Å². The van der Waals surface area contributed by atoms with Gasteiger partial charge in [0.05, 0.1) is 32.7 Å². The summed E-state index contributed by atoms with van der Waals surface area (Å²) in [6.07, 6.45) is -4.79. The Kier molecular flexibility index (Phi) is 10.00. The average Bonchev–Trinajstić information content (AvgIpc) is 2.97. The SMILES string of the molecule is CCOc1ccc(S(=O)(=O)N(CC(=O)Nc2ccc(S(=O)(=O)Nc3ccc(Cl)c(C(F)(F)F)c3)cc2)c2ccc(C)cc2)cc1. The number of rotatable bonds is 11. The molecular weight excluding hydrogens is 655 g/mol. The lowest BCUT2D eigenvalue weighted by Crippen LogP contribution is -2.38. The lowest BCUT2D eigenvalue weighted by atomic mass is 10.2. The predicted octanol–water partition coefficient (Wildman–Crippen LogP) is 6.70. The number of carbonyl (C=O) groups is 1. The number of anilines is 3. The number of aryl methyl sites for hydroxylation is 1. The smallest absolute Gasteiger partial charge is 0.417 e. The molecule has 0 aliphatic heterocycles. The van der Waals surface area contributed by atoms with E-state index in [4.69, 9.17) is 16.3 Å². The van der Waals surface area contributed by atoms with E-state index in [0.29, 0.717) is 18.4 Å². The Labute approximate surface area is 263 Å². The molecular formula is C30H27ClF3N3O6S2. The molecule has 0 aromatic heterocycles. The van der Waals surface area contributed by atoms with Crippen molar-refractivity contribution in [2.75, 3.05) is 27.5 Å². The Morgan fingerprint density at radius 1 is 0.844 bits per heavy atom. The summed E-state index contributed by atoms with van der Waals surface area (Å²) in [5, 5.41) is 1.96. The summed E-state index contributed by atoms with van der Waals surface area (Å²) in [5.41, 5.74) is -0.288. The highest BCUT2D eigenvalue weighted by Gasteiger charge is 2.34. The van der Waals surface area contributed by atoms with Crippen molar-refractivity contribution in [2.45, 2.75) is 29.8 Å². The maximum atomic E-state index is 13.6. The van der Waals surface area contributed by atoms with E-state index in [-0.39, 0.29) is 26.9 Å². The van der Waals surface area contributed by atoms with Crippen molar-refractivity contribution in [3.8, 4) is 5.75 Å². The summed E-state index contributed by atoms with van der Waals surface area (Å²) in [6.45, 7) is 3.41. The highest BCUT2D eigenvalue weighted by Crippen LogP contribution is 2.36. The Morgan fingerprint density at radius 3 is 2.00 bits per heavy atom. The van der Waals surface area contributed by atoms with Crippen LogP contribution in [0.2, 0.25) is 5.02 Å². The van der Waals surface area contributed by atoms with E-state index < -0.39 is 49.3 Å². The topological polar surface area (TPSA) is 122 Å². The standard InChI is InChI=1S/C30H27ClF3N3O6S2/c1-3-43-24-11-15-26(16-12-24)45(41,42)37(23-9-4-20(2)5-10-23)19-29(38)35-21-6-13-25(14-7-21)44(39,40)36-22-8-17-28(31)27(18-22)30(32,33)34/h4-18,36H,3,19H2,1-2H3,(H,35,38). The number of alkyl halides is 3. The van der Waals surface area contributed by atoms with Crippen molar-refractivity contribution in [3.05, 3.63) is 107 Å². The number of hydrogen-bond donors (Lipinski definition) is 2. The van der Waals surface area contributed by atoms with E-state index in [2.05, 4.69) is 10.0 Å². The molecule has 0 bridgehead atoms. The molecule has 0 saturated heterocycles. The zero-order valence-electron chi connectivity index (χ0n) is 23.8. The van der Waals surface area contributed by atoms with Gasteiger partial charge in [0.15, 0.2) is 0 Å². The predicted molar refractivity (Wildman–Crippen MR) is 166 cm³/mol. The van der Waals surface area contributed by atoms with Crippen LogP contribution in [0.3, 0.4) is 0 Å². The van der Waals surface area contributed by atoms with Crippen molar-refractivity contribution in [1.82, 2.24) is 0 Å². The first-order valence-corrected chi connectivity index (χ1v) is 16.5. The van der Waals surface area contributed by atoms with Gasteiger partial charge in [-0.3, -0.25) is 13.8 Å². The van der Waals surface area contributed by atoms with Crippen LogP contribution in [0.15, 0.2) is 101 Å². The van der Waals surface area contributed by atoms with Gasteiger partial charge in [-0.2, -0.15) is 13.2 Å². The fraction of sp³-hybridized carbons (Fsp3) is 0.167. The highest BCUT2D eigenvalue weighted by molar-refractivity contribution is 7.93. The third-order valence-corrected chi connectivity index (χ3v) is 9.82. The van der Waals surface area contributed by atoms with Crippen LogP contribution < -0.4 is 19.1 Å². The molecule has 0 atom stereocenters. The fourth-order valence-corrected chi connectivity index (χ4v) is 6.79. The molecule has 0 aliphatic carbocycles. The number of nitrogens with one attached hydrogen (secondary N) is 2. The molecule has 9 nitrogen and oxygen atoms in total. The second kappa shape index (κ2) is 13.4. The third kappa shape index (κ3) is 8.26. The number of halogens is 4. The summed E-state index contributed by atoms with van der Waals surface area (Å²) in [6, 6.07) is 19.7. The number of carbonyl (C=O) groups excluding carboxylic acids is 1. The lowest BCUT2D eigenvalue weighted by Gasteiger charge is -2.24. The molecule has 0 aliphatic rings. The first-order valence-electron chi connectivity index (χ1n) is 13.2. The Morgan fingerprint density at radius 2 is 1.42 bits per heavy atom. The average molecular weight is 682 g/mol. The molecule has 4 rings (SSSR count). The largest absolute Gasteiger partial charge is 0.494 e. The van der Waals surface area contributed by atoms with E-state index >= 15 is 0 Å². The van der Waals surface area contributed by atoms with Gasteiger partial charge in [0.1, 0.15) is 12.3 Å². The molecule has 1 amide bonds. The minimum Gasteiger partial charge on any atom is -0.494 e. The van der Waals surface area contributed by atoms with Crippen LogP contribution in [0.4, 0.5) is 30.2 Å². The van der Waals surface area contributed by atoms with Gasteiger partial charge >= 0.3 is 6.18 Å². The van der Waals surface area contributed by atoms with Crippen LogP contribution in [-0.2, 0) is 31.0 Å². The summed E-state index contributed by atoms with van der Waals surface area (Å²) >= 11 is 5.60. The summed E-state index contributed by atoms with van der Waals surface area (Å²) in [4.78, 5) is 12.7. The second-order valence-electron chi connectivity index (χ2n) is 9.62. The number of nitrogens with zero attached hydrogens (tertiary/aromatic N) is 1. The minimum atomic E-state index is -4.79. The van der Waals surface area contributed by atoms with Crippen LogP contribution in [0.25, 0.3) is 0 Å². The minimum absolute atomic E-state index is 0.0653. The van der Waals surface area contributed by atoms with Gasteiger partial charge in [0.2, 0.25) is 5.91 Å². The fourth-order valence-electron chi connectivity index (χ4n) is 4.10. The molecule has 238 valence electrons. The molecule has 0 saturated carbocycles. The number of hydrogen-bond acceptors (Lipinski definition) is 6. The van der Waals surface area contributed by atoms with Gasteiger partial charge in [-0.15, -0.1) is 0 Å². The molecule has 0 unspecified atom stereocenters. The first kappa shape index (κ1) is 33.6. The molecule has 2 N–H and O–H groups in total. The van der Waals surface area contributed by atoms with Crippen LogP contribution in [0, 0.1) is 6.92 Å². The normalized spacial score (nSPS) is 12.0. The van der Waals surface area contributed by atoms with Gasteiger partial charge < -0.3 is 10.1 Å². The second-order valence-corrected chi connectivity index (χ2v) is 13.6. The Hall–Kier alpha value is -4.27. The third-order valence-electron chi connectivity index (χ3n) is 6.30. The molecule has 0 spiro atoms. The van der Waals surface area contributed by atoms with Crippen LogP contribution in [-0.4, -0.2) is 35.9 Å². The van der Waals surface area contributed by atoms with Crippen LogP contribution >= 0.6 is 11.6 Å². The van der Waals surface area contributed by atoms with E-state index in [1.165, 1.54) is 36.4 Å². The van der Waals surface area contributed by atoms with E-state index in [1.807, 2.05) is 6.92 Å². The lowest BCUT2D eigenvalue weighted by molar-refractivity contribution is -0.137. The molecule has 0 heterocycles. The molecule has 0 fully saturated rings. The van der Waals surface area contributed by atoms with Crippen molar-refractivity contribution >= 4 is 54.6 Å². The van der Waals surface area contributed by atoms with E-state index in [0.717, 1.165) is 34.1 Å². The molecule has 15 heteroatoms. The van der Waals surface area contributed by atoms with Crippen molar-refractivity contribution in [3.63, 3.8) is 0 Å². The van der Waals surface area contributed by atoms with Gasteiger partial charge in [0.25, 0.3) is 20.0 Å². The quantitative estimate of drug-likeness (QED) is 0.182. The van der Waals surface area contributed by atoms with Gasteiger partial charge in [-0.25, -0.2) is 16.8 Å². The summed E-state index contributed by atoms with van der Waals surface area (Å²) in [7, 11) is -8.53. The van der Waals surface area contributed by atoms with E-state index in [1.54, 1.807) is 31.2 Å². The Balaban J connectivity index is 1.52. The highest BCUT2D eigenvalue weighted by atomic mass is 35.5. The van der Waals surface area contributed by atoms with Crippen molar-refractivity contribution in [1.29, 1.82) is 0 Å². The zero-order valence-corrected chi connectivity index (χ0v) is 26.2. The first-order chi connectivity index (χ1) is 21.1. The maximum Gasteiger partial charge on any atom is 0.417 e. The zero-order chi connectivity index (χ0) is 33.0. The number of benzene rings is 4. The maximum absolute atomic E-state index is 13.6. The van der Waals surface area contributed by atoms with Gasteiger partial charge in [-0.05, 0) is 92.7 Å². The van der Waals surface area contributed by atoms with Gasteiger partial charge in [-0.1, -0.05) is 29.3 Å². The molecule has 45 heavy (non-hydrogen) atoms. The molecule has 0 radical (unpaired) electrons. The summed E-state index contributed by atoms with van der Waals surface area (Å²) < 4.78 is 101. The van der Waals surface area contributed by atoms with Crippen molar-refractivity contribution in [2.24, 2.45) is 0 Å². The number of amides is 1.